The minimum Gasteiger partial charge on any atom is -0.489 e. The molecule has 0 spiro atoms. The van der Waals surface area contributed by atoms with Crippen molar-refractivity contribution in [3.8, 4) is 16.9 Å². The van der Waals surface area contributed by atoms with Gasteiger partial charge in [0.1, 0.15) is 23.6 Å². The van der Waals surface area contributed by atoms with Gasteiger partial charge in [-0.1, -0.05) is 60.7 Å². The van der Waals surface area contributed by atoms with Crippen molar-refractivity contribution >= 4 is 41.7 Å². The predicted octanol–water partition coefficient (Wildman–Crippen LogP) is 4.81. The molecule has 2 amide bonds. The van der Waals surface area contributed by atoms with Crippen LogP contribution in [0.1, 0.15) is 37.8 Å². The molecule has 2 atom stereocenters. The second-order valence-corrected chi connectivity index (χ2v) is 10.5. The minimum absolute atomic E-state index is 0. The van der Waals surface area contributed by atoms with Crippen molar-refractivity contribution in [2.24, 2.45) is 11.1 Å². The Balaban J connectivity index is 0.00000484. The fourth-order valence-electron chi connectivity index (χ4n) is 5.23. The molecule has 0 aromatic heterocycles. The summed E-state index contributed by atoms with van der Waals surface area (Å²) in [5, 5.41) is 10.4. The monoisotopic (exact) mass is 592 g/mol. The number of esters is 1. The molecule has 9 nitrogen and oxygen atoms in total. The summed E-state index contributed by atoms with van der Waals surface area (Å²) in [4.78, 5) is 39.8. The lowest BCUT2D eigenvalue weighted by Crippen LogP contribution is -2.41. The molecule has 1 heterocycles. The average molecular weight is 593 g/mol. The van der Waals surface area contributed by atoms with E-state index in [2.05, 4.69) is 17.4 Å². The highest BCUT2D eigenvalue weighted by atomic mass is 35.5. The van der Waals surface area contributed by atoms with Gasteiger partial charge in [-0.05, 0) is 55.0 Å². The van der Waals surface area contributed by atoms with E-state index in [4.69, 9.17) is 20.6 Å². The van der Waals surface area contributed by atoms with Crippen LogP contribution in [-0.4, -0.2) is 54.8 Å². The first-order valence-corrected chi connectivity index (χ1v) is 13.5. The molecular formula is C32H37ClN4O5. The number of methoxy groups -OCH3 is 1. The molecule has 222 valence electrons. The quantitative estimate of drug-likeness (QED) is 0.127. The van der Waals surface area contributed by atoms with Gasteiger partial charge < -0.3 is 25.4 Å². The van der Waals surface area contributed by atoms with E-state index in [-0.39, 0.29) is 49.1 Å². The number of ether oxygens (including phenoxy) is 2. The largest absolute Gasteiger partial charge is 0.489 e. The molecular weight excluding hydrogens is 556 g/mol. The number of hydrogen-bond donors (Lipinski definition) is 3. The molecule has 4 rings (SSSR count). The zero-order valence-corrected chi connectivity index (χ0v) is 24.8. The van der Waals surface area contributed by atoms with Gasteiger partial charge in [0.05, 0.1) is 18.8 Å². The van der Waals surface area contributed by atoms with Crippen molar-refractivity contribution in [2.45, 2.75) is 39.2 Å². The lowest BCUT2D eigenvalue weighted by atomic mass is 9.87. The summed E-state index contributed by atoms with van der Waals surface area (Å²) in [6, 6.07) is 22.4. The molecule has 4 N–H and O–H groups in total. The van der Waals surface area contributed by atoms with Crippen LogP contribution in [0, 0.1) is 10.8 Å². The summed E-state index contributed by atoms with van der Waals surface area (Å²) in [6.45, 7) is 3.66. The maximum absolute atomic E-state index is 13.5. The van der Waals surface area contributed by atoms with Crippen molar-refractivity contribution < 1.29 is 23.9 Å². The maximum atomic E-state index is 13.5. The number of benzene rings is 3. The Bertz CT molecular complexity index is 1430. The van der Waals surface area contributed by atoms with Gasteiger partial charge >= 0.3 is 5.97 Å². The van der Waals surface area contributed by atoms with Crippen LogP contribution in [0.2, 0.25) is 0 Å². The molecule has 1 fully saturated rings. The van der Waals surface area contributed by atoms with Gasteiger partial charge in [0.15, 0.2) is 0 Å². The molecule has 0 saturated carbocycles. The fraction of sp³-hybridized carbons (Fsp3) is 0.312. The number of nitrogen functional groups attached to an aromatic ring is 1. The molecule has 10 heteroatoms. The average Bonchev–Trinajstić information content (AvgIpc) is 3.21. The first-order valence-electron chi connectivity index (χ1n) is 13.5. The van der Waals surface area contributed by atoms with Crippen LogP contribution in [0.25, 0.3) is 11.1 Å². The standard InChI is InChI=1S/C32H36N4O5.ClH/c1-21(37)35-27-18-25(23-11-13-24(14-12-23)29(33)34)15-16-28(27)41-20-26-19-32(2,31(39)40-3)30(38)36(26)17-7-10-22-8-5-4-6-9-22;/h4-6,8-9,11-16,18,26H,7,10,17,19-20H2,1-3H3,(H3,33,34)(H,35,37);1H/t26-,32-;/m0./s1. The third kappa shape index (κ3) is 7.28. The van der Waals surface area contributed by atoms with Crippen LogP contribution in [0.5, 0.6) is 5.75 Å². The van der Waals surface area contributed by atoms with Crippen LogP contribution in [-0.2, 0) is 25.5 Å². The number of amidine groups is 1. The number of carbonyl (C=O) groups is 3. The third-order valence-corrected chi connectivity index (χ3v) is 7.41. The number of rotatable bonds is 11. The van der Waals surface area contributed by atoms with Crippen molar-refractivity contribution in [3.05, 3.63) is 83.9 Å². The molecule has 0 unspecified atom stereocenters. The number of hydrogen-bond acceptors (Lipinski definition) is 6. The number of likely N-dealkylation sites (tertiary alicyclic amines) is 1. The summed E-state index contributed by atoms with van der Waals surface area (Å²) in [7, 11) is 1.29. The highest BCUT2D eigenvalue weighted by Crippen LogP contribution is 2.38. The molecule has 1 saturated heterocycles. The Morgan fingerprint density at radius 2 is 1.74 bits per heavy atom. The van der Waals surface area contributed by atoms with E-state index in [9.17, 15) is 14.4 Å². The number of halogens is 1. The summed E-state index contributed by atoms with van der Waals surface area (Å²) in [6.07, 6.45) is 1.80. The van der Waals surface area contributed by atoms with Crippen LogP contribution >= 0.6 is 12.4 Å². The topological polar surface area (TPSA) is 135 Å². The highest BCUT2D eigenvalue weighted by Gasteiger charge is 2.54. The Kier molecular flexibility index (Phi) is 10.7. The molecule has 0 radical (unpaired) electrons. The second kappa shape index (κ2) is 14.0. The molecule has 3 aromatic carbocycles. The van der Waals surface area contributed by atoms with Crippen molar-refractivity contribution in [1.82, 2.24) is 4.90 Å². The van der Waals surface area contributed by atoms with E-state index in [1.165, 1.54) is 19.6 Å². The van der Waals surface area contributed by atoms with Gasteiger partial charge in [-0.3, -0.25) is 19.8 Å². The second-order valence-electron chi connectivity index (χ2n) is 10.5. The summed E-state index contributed by atoms with van der Waals surface area (Å²) in [5.74, 6) is -0.639. The van der Waals surface area contributed by atoms with E-state index < -0.39 is 11.4 Å². The van der Waals surface area contributed by atoms with Crippen molar-refractivity contribution in [1.29, 1.82) is 5.41 Å². The summed E-state index contributed by atoms with van der Waals surface area (Å²) >= 11 is 0. The molecule has 0 bridgehead atoms. The Morgan fingerprint density at radius 1 is 1.07 bits per heavy atom. The molecule has 3 aromatic rings. The lowest BCUT2D eigenvalue weighted by Gasteiger charge is -2.25. The first kappa shape index (κ1) is 32.1. The number of aryl methyl sites for hydroxylation is 1. The minimum atomic E-state index is -1.29. The smallest absolute Gasteiger partial charge is 0.321 e. The fourth-order valence-corrected chi connectivity index (χ4v) is 5.23. The van der Waals surface area contributed by atoms with Crippen molar-refractivity contribution in [2.75, 3.05) is 25.6 Å². The Hall–Kier alpha value is -4.37. The van der Waals surface area contributed by atoms with Crippen LogP contribution in [0.4, 0.5) is 5.69 Å². The number of nitrogens with two attached hydrogens (primary N) is 1. The summed E-state index contributed by atoms with van der Waals surface area (Å²) in [5.41, 5.74) is 8.29. The number of nitrogens with zero attached hydrogens (tertiary/aromatic N) is 1. The normalized spacial score (nSPS) is 17.7. The van der Waals surface area contributed by atoms with E-state index in [1.807, 2.05) is 42.5 Å². The van der Waals surface area contributed by atoms with Gasteiger partial charge in [-0.25, -0.2) is 0 Å². The van der Waals surface area contributed by atoms with Gasteiger partial charge in [0.2, 0.25) is 11.8 Å². The number of carbonyl (C=O) groups excluding carboxylic acids is 3. The zero-order chi connectivity index (χ0) is 29.6. The van der Waals surface area contributed by atoms with Gasteiger partial charge in [-0.15, -0.1) is 12.4 Å². The maximum Gasteiger partial charge on any atom is 0.321 e. The summed E-state index contributed by atoms with van der Waals surface area (Å²) < 4.78 is 11.2. The highest BCUT2D eigenvalue weighted by molar-refractivity contribution is 6.04. The van der Waals surface area contributed by atoms with Crippen molar-refractivity contribution in [3.63, 3.8) is 0 Å². The van der Waals surface area contributed by atoms with Crippen LogP contribution in [0.3, 0.4) is 0 Å². The third-order valence-electron chi connectivity index (χ3n) is 7.41. The first-order chi connectivity index (χ1) is 19.6. The van der Waals surface area contributed by atoms with Crippen LogP contribution < -0.4 is 15.8 Å². The number of anilines is 1. The van der Waals surface area contributed by atoms with Crippen LogP contribution in [0.15, 0.2) is 72.8 Å². The van der Waals surface area contributed by atoms with E-state index in [0.29, 0.717) is 23.5 Å². The van der Waals surface area contributed by atoms with E-state index in [1.54, 1.807) is 30.0 Å². The van der Waals surface area contributed by atoms with Gasteiger partial charge in [0, 0.05) is 19.0 Å². The number of nitrogens with one attached hydrogen (secondary N) is 2. The SMILES string of the molecule is COC(=O)[C@@]1(C)C[C@@H](COc2ccc(-c3ccc(C(=N)N)cc3)cc2NC(C)=O)N(CCCc2ccccc2)C1=O.Cl. The van der Waals surface area contributed by atoms with Gasteiger partial charge in [0.25, 0.3) is 0 Å². The molecule has 0 aliphatic carbocycles. The molecule has 1 aliphatic rings. The van der Waals surface area contributed by atoms with E-state index in [0.717, 1.165) is 24.0 Å². The zero-order valence-electron chi connectivity index (χ0n) is 24.0. The molecule has 1 aliphatic heterocycles. The Morgan fingerprint density at radius 3 is 2.36 bits per heavy atom. The molecule has 42 heavy (non-hydrogen) atoms. The Labute approximate surface area is 252 Å². The number of amides is 2. The predicted molar refractivity (Wildman–Crippen MR) is 165 cm³/mol. The van der Waals surface area contributed by atoms with E-state index >= 15 is 0 Å². The lowest BCUT2D eigenvalue weighted by molar-refractivity contribution is -0.157. The van der Waals surface area contributed by atoms with Gasteiger partial charge in [-0.2, -0.15) is 0 Å².